The first-order valence-electron chi connectivity index (χ1n) is 7.49. The number of carbonyl (C=O) groups excluding carboxylic acids is 3. The molecule has 0 bridgehead atoms. The third-order valence-corrected chi connectivity index (χ3v) is 4.53. The van der Waals surface area contributed by atoms with Gasteiger partial charge in [-0.25, -0.2) is 0 Å². The lowest BCUT2D eigenvalue weighted by atomic mass is 9.97. The number of benzene rings is 1. The Bertz CT molecular complexity index is 627. The molecule has 1 saturated heterocycles. The molecule has 2 unspecified atom stereocenters. The fourth-order valence-corrected chi connectivity index (χ4v) is 3.25. The highest BCUT2D eigenvalue weighted by Gasteiger charge is 2.35. The second-order valence-electron chi connectivity index (χ2n) is 5.84. The summed E-state index contributed by atoms with van der Waals surface area (Å²) in [7, 11) is 0. The van der Waals surface area contributed by atoms with Gasteiger partial charge < -0.3 is 16.0 Å². The molecule has 2 atom stereocenters. The minimum Gasteiger partial charge on any atom is -0.330 e. The van der Waals surface area contributed by atoms with E-state index in [0.29, 0.717) is 32.3 Å². The third kappa shape index (κ3) is 3.29. The lowest BCUT2D eigenvalue weighted by Gasteiger charge is -2.34. The van der Waals surface area contributed by atoms with Gasteiger partial charge in [-0.2, -0.15) is 0 Å². The number of nitrogens with two attached hydrogens (primary N) is 1. The van der Waals surface area contributed by atoms with E-state index in [1.807, 2.05) is 23.1 Å². The average molecular weight is 338 g/mol. The van der Waals surface area contributed by atoms with Crippen LogP contribution in [0.5, 0.6) is 0 Å². The first kappa shape index (κ1) is 17.6. The predicted octanol–water partition coefficient (Wildman–Crippen LogP) is 0.412. The molecule has 0 saturated carbocycles. The molecule has 23 heavy (non-hydrogen) atoms. The van der Waals surface area contributed by atoms with Gasteiger partial charge >= 0.3 is 0 Å². The Kier molecular flexibility index (Phi) is 5.51. The number of fused-ring (bicyclic) bond motifs is 1. The summed E-state index contributed by atoms with van der Waals surface area (Å²) < 4.78 is 0. The zero-order valence-electron chi connectivity index (χ0n) is 12.7. The van der Waals surface area contributed by atoms with Crippen LogP contribution in [0.25, 0.3) is 0 Å². The molecule has 1 aromatic rings. The van der Waals surface area contributed by atoms with Crippen molar-refractivity contribution in [2.45, 2.75) is 38.0 Å². The van der Waals surface area contributed by atoms with Crippen LogP contribution in [0.15, 0.2) is 18.2 Å². The molecular weight excluding hydrogens is 318 g/mol. The van der Waals surface area contributed by atoms with Crippen LogP contribution < -0.4 is 11.1 Å². The van der Waals surface area contributed by atoms with Gasteiger partial charge in [-0.1, -0.05) is 12.1 Å². The lowest BCUT2D eigenvalue weighted by molar-refractivity contribution is -0.131. The standard InChI is InChI=1S/C16H19N3O3.ClH/c17-6-10-1-3-13-11(5-10)8-19(16(13)22)12-2-4-14(18-7-12)15(21)9-20;/h1,3,5,9,12,14,18H,2,4,6-8,17H2;1H. The molecule has 0 aromatic heterocycles. The highest BCUT2D eigenvalue weighted by molar-refractivity contribution is 6.27. The van der Waals surface area contributed by atoms with Gasteiger partial charge in [0.25, 0.3) is 5.91 Å². The molecule has 0 aliphatic carbocycles. The van der Waals surface area contributed by atoms with Crippen molar-refractivity contribution in [1.82, 2.24) is 10.2 Å². The lowest BCUT2D eigenvalue weighted by Crippen LogP contribution is -2.52. The molecule has 2 heterocycles. The van der Waals surface area contributed by atoms with Crippen molar-refractivity contribution in [1.29, 1.82) is 0 Å². The number of hydrogen-bond donors (Lipinski definition) is 2. The Balaban J connectivity index is 0.00000192. The van der Waals surface area contributed by atoms with E-state index in [9.17, 15) is 14.4 Å². The maximum absolute atomic E-state index is 12.5. The van der Waals surface area contributed by atoms with Crippen molar-refractivity contribution in [3.63, 3.8) is 0 Å². The maximum Gasteiger partial charge on any atom is 0.254 e. The van der Waals surface area contributed by atoms with Crippen LogP contribution in [0.1, 0.15) is 34.3 Å². The van der Waals surface area contributed by atoms with Crippen molar-refractivity contribution in [3.05, 3.63) is 34.9 Å². The Hall–Kier alpha value is -1.76. The number of Topliss-reactive ketones (excluding diaryl/α,β-unsaturated/α-hetero) is 1. The number of rotatable bonds is 4. The summed E-state index contributed by atoms with van der Waals surface area (Å²) in [6, 6.07) is 5.37. The summed E-state index contributed by atoms with van der Waals surface area (Å²) in [4.78, 5) is 36.3. The van der Waals surface area contributed by atoms with E-state index in [1.165, 1.54) is 0 Å². The molecule has 2 aliphatic rings. The minimum atomic E-state index is -0.415. The van der Waals surface area contributed by atoms with E-state index in [0.717, 1.165) is 23.1 Å². The monoisotopic (exact) mass is 337 g/mol. The van der Waals surface area contributed by atoms with Crippen molar-refractivity contribution in [3.8, 4) is 0 Å². The van der Waals surface area contributed by atoms with Gasteiger partial charge in [0.15, 0.2) is 6.29 Å². The number of amides is 1. The fraction of sp³-hybridized carbons (Fsp3) is 0.438. The normalized spacial score (nSPS) is 23.2. The number of nitrogens with one attached hydrogen (secondary N) is 1. The zero-order valence-corrected chi connectivity index (χ0v) is 13.5. The number of piperidine rings is 1. The van der Waals surface area contributed by atoms with Gasteiger partial charge in [0.2, 0.25) is 5.78 Å². The Labute approximate surface area is 140 Å². The van der Waals surface area contributed by atoms with Crippen LogP contribution >= 0.6 is 12.4 Å². The minimum absolute atomic E-state index is 0. The first-order chi connectivity index (χ1) is 10.6. The number of nitrogens with zero attached hydrogens (tertiary/aromatic N) is 1. The van der Waals surface area contributed by atoms with Gasteiger partial charge in [-0.3, -0.25) is 14.4 Å². The van der Waals surface area contributed by atoms with Gasteiger partial charge in [0.05, 0.1) is 6.04 Å². The van der Waals surface area contributed by atoms with Crippen LogP contribution in [-0.2, 0) is 22.7 Å². The molecule has 2 aliphatic heterocycles. The van der Waals surface area contributed by atoms with Gasteiger partial charge in [0.1, 0.15) is 0 Å². The second kappa shape index (κ2) is 7.21. The summed E-state index contributed by atoms with van der Waals surface area (Å²) in [6.07, 6.45) is 1.67. The van der Waals surface area contributed by atoms with Crippen molar-refractivity contribution < 1.29 is 14.4 Å². The molecule has 3 rings (SSSR count). The van der Waals surface area contributed by atoms with E-state index in [2.05, 4.69) is 5.32 Å². The van der Waals surface area contributed by atoms with Crippen LogP contribution in [0.2, 0.25) is 0 Å². The van der Waals surface area contributed by atoms with Crippen LogP contribution in [0.4, 0.5) is 0 Å². The second-order valence-corrected chi connectivity index (χ2v) is 5.84. The number of ketones is 1. The molecular formula is C16H20ClN3O3. The molecule has 1 amide bonds. The Morgan fingerprint density at radius 2 is 2.17 bits per heavy atom. The van der Waals surface area contributed by atoms with Crippen LogP contribution in [0.3, 0.4) is 0 Å². The summed E-state index contributed by atoms with van der Waals surface area (Å²) in [6.45, 7) is 1.58. The molecule has 1 aromatic carbocycles. The topological polar surface area (TPSA) is 92.5 Å². The van der Waals surface area contributed by atoms with E-state index in [4.69, 9.17) is 5.73 Å². The van der Waals surface area contributed by atoms with Gasteiger partial charge in [-0.15, -0.1) is 12.4 Å². The molecule has 0 spiro atoms. The van der Waals surface area contributed by atoms with Crippen LogP contribution in [-0.4, -0.2) is 41.5 Å². The quantitative estimate of drug-likeness (QED) is 0.613. The third-order valence-electron chi connectivity index (χ3n) is 4.53. The Morgan fingerprint density at radius 1 is 1.39 bits per heavy atom. The molecule has 7 heteroatoms. The fourth-order valence-electron chi connectivity index (χ4n) is 3.25. The molecule has 1 fully saturated rings. The SMILES string of the molecule is Cl.NCc1ccc2c(c1)CN(C1CCC(C(=O)C=O)NC1)C2=O. The highest BCUT2D eigenvalue weighted by Crippen LogP contribution is 2.28. The maximum atomic E-state index is 12.5. The Morgan fingerprint density at radius 3 is 2.78 bits per heavy atom. The summed E-state index contributed by atoms with van der Waals surface area (Å²) in [5.41, 5.74) is 8.42. The molecule has 6 nitrogen and oxygen atoms in total. The number of hydrogen-bond acceptors (Lipinski definition) is 5. The van der Waals surface area contributed by atoms with Crippen molar-refractivity contribution in [2.75, 3.05) is 6.54 Å². The van der Waals surface area contributed by atoms with E-state index >= 15 is 0 Å². The smallest absolute Gasteiger partial charge is 0.254 e. The molecule has 3 N–H and O–H groups in total. The number of carbonyl (C=O) groups is 3. The largest absolute Gasteiger partial charge is 0.330 e. The van der Waals surface area contributed by atoms with E-state index < -0.39 is 11.8 Å². The summed E-state index contributed by atoms with van der Waals surface area (Å²) in [5.74, 6) is -0.382. The van der Waals surface area contributed by atoms with Crippen LogP contribution in [0, 0.1) is 0 Å². The first-order valence-corrected chi connectivity index (χ1v) is 7.49. The van der Waals surface area contributed by atoms with Crippen molar-refractivity contribution >= 4 is 30.4 Å². The van der Waals surface area contributed by atoms with Crippen molar-refractivity contribution in [2.24, 2.45) is 5.73 Å². The molecule has 124 valence electrons. The predicted molar refractivity (Wildman–Crippen MR) is 87.3 cm³/mol. The number of aldehydes is 1. The zero-order chi connectivity index (χ0) is 15.7. The summed E-state index contributed by atoms with van der Waals surface area (Å²) in [5, 5.41) is 3.07. The average Bonchev–Trinajstić information content (AvgIpc) is 2.90. The number of halogens is 1. The molecule has 0 radical (unpaired) electrons. The van der Waals surface area contributed by atoms with Gasteiger partial charge in [-0.05, 0) is 30.0 Å². The van der Waals surface area contributed by atoms with Gasteiger partial charge in [0, 0.05) is 31.2 Å². The summed E-state index contributed by atoms with van der Waals surface area (Å²) >= 11 is 0. The van der Waals surface area contributed by atoms with E-state index in [1.54, 1.807) is 0 Å². The van der Waals surface area contributed by atoms with E-state index in [-0.39, 0.29) is 24.4 Å². The highest BCUT2D eigenvalue weighted by atomic mass is 35.5.